The summed E-state index contributed by atoms with van der Waals surface area (Å²) in [5.74, 6) is 0.805. The van der Waals surface area contributed by atoms with Gasteiger partial charge in [-0.15, -0.1) is 0 Å². The Kier molecular flexibility index (Phi) is 3.92. The fourth-order valence-electron chi connectivity index (χ4n) is 2.35. The van der Waals surface area contributed by atoms with Crippen LogP contribution < -0.4 is 10.2 Å². The van der Waals surface area contributed by atoms with Crippen molar-refractivity contribution in [1.29, 1.82) is 0 Å². The van der Waals surface area contributed by atoms with Crippen molar-refractivity contribution in [1.82, 2.24) is 5.48 Å². The number of benzene rings is 1. The maximum absolute atomic E-state index is 6.18. The molecular weight excluding hydrogens is 238 g/mol. The lowest BCUT2D eigenvalue weighted by molar-refractivity contribution is 0.0268. The number of halogens is 1. The van der Waals surface area contributed by atoms with Crippen molar-refractivity contribution >= 4 is 11.6 Å². The molecule has 0 aliphatic carbocycles. The molecule has 0 saturated heterocycles. The summed E-state index contributed by atoms with van der Waals surface area (Å²) < 4.78 is 5.95. The highest BCUT2D eigenvalue weighted by molar-refractivity contribution is 6.32. The fraction of sp³-hybridized carbons (Fsp3) is 0.538. The first-order chi connectivity index (χ1) is 8.19. The van der Waals surface area contributed by atoms with Gasteiger partial charge >= 0.3 is 0 Å². The van der Waals surface area contributed by atoms with Crippen molar-refractivity contribution in [2.45, 2.75) is 38.8 Å². The SMILES string of the molecule is CCCC1Oc2c(Cl)ccc(C)c2C1NOC. The van der Waals surface area contributed by atoms with Gasteiger partial charge in [-0.3, -0.25) is 0 Å². The molecule has 17 heavy (non-hydrogen) atoms. The van der Waals surface area contributed by atoms with E-state index < -0.39 is 0 Å². The Morgan fingerprint density at radius 2 is 2.24 bits per heavy atom. The summed E-state index contributed by atoms with van der Waals surface area (Å²) >= 11 is 6.18. The molecular formula is C13H18ClNO2. The van der Waals surface area contributed by atoms with Crippen LogP contribution in [-0.2, 0) is 4.84 Å². The third-order valence-corrected chi connectivity index (χ3v) is 3.43. The molecule has 3 nitrogen and oxygen atoms in total. The van der Waals surface area contributed by atoms with Crippen LogP contribution in [-0.4, -0.2) is 13.2 Å². The highest BCUT2D eigenvalue weighted by atomic mass is 35.5. The first kappa shape index (κ1) is 12.7. The monoisotopic (exact) mass is 255 g/mol. The second kappa shape index (κ2) is 5.25. The van der Waals surface area contributed by atoms with E-state index in [0.717, 1.165) is 24.2 Å². The lowest BCUT2D eigenvalue weighted by Crippen LogP contribution is -2.30. The standard InChI is InChI=1S/C13H18ClNO2/c1-4-5-10-12(15-16-3)11-8(2)6-7-9(14)13(11)17-10/h6-7,10,12,15H,4-5H2,1-3H3. The number of rotatable bonds is 4. The third-order valence-electron chi connectivity index (χ3n) is 3.14. The summed E-state index contributed by atoms with van der Waals surface area (Å²) in [7, 11) is 1.63. The van der Waals surface area contributed by atoms with Crippen molar-refractivity contribution in [3.05, 3.63) is 28.3 Å². The molecule has 1 aliphatic heterocycles. The van der Waals surface area contributed by atoms with Gasteiger partial charge in [0.05, 0.1) is 18.2 Å². The van der Waals surface area contributed by atoms with Crippen molar-refractivity contribution in [3.63, 3.8) is 0 Å². The van der Waals surface area contributed by atoms with Gasteiger partial charge in [0.2, 0.25) is 0 Å². The summed E-state index contributed by atoms with van der Waals surface area (Å²) in [5.41, 5.74) is 5.32. The molecule has 0 bridgehead atoms. The largest absolute Gasteiger partial charge is 0.486 e. The van der Waals surface area contributed by atoms with Gasteiger partial charge in [-0.2, -0.15) is 5.48 Å². The molecule has 2 rings (SSSR count). The van der Waals surface area contributed by atoms with Crippen molar-refractivity contribution < 1.29 is 9.57 Å². The minimum absolute atomic E-state index is 0.0636. The quantitative estimate of drug-likeness (QED) is 0.837. The van der Waals surface area contributed by atoms with E-state index in [4.69, 9.17) is 21.2 Å². The second-order valence-electron chi connectivity index (χ2n) is 4.35. The Morgan fingerprint density at radius 3 is 2.88 bits per heavy atom. The van der Waals surface area contributed by atoms with Gasteiger partial charge in [0.15, 0.2) is 0 Å². The molecule has 1 aliphatic rings. The van der Waals surface area contributed by atoms with E-state index in [9.17, 15) is 0 Å². The van der Waals surface area contributed by atoms with Crippen LogP contribution >= 0.6 is 11.6 Å². The van der Waals surface area contributed by atoms with Crippen molar-refractivity contribution in [2.24, 2.45) is 0 Å². The minimum atomic E-state index is 0.0636. The van der Waals surface area contributed by atoms with Crippen LogP contribution in [0.3, 0.4) is 0 Å². The topological polar surface area (TPSA) is 30.5 Å². The van der Waals surface area contributed by atoms with Gasteiger partial charge in [0, 0.05) is 5.56 Å². The minimum Gasteiger partial charge on any atom is -0.486 e. The first-order valence-electron chi connectivity index (χ1n) is 5.93. The number of aryl methyl sites for hydroxylation is 1. The first-order valence-corrected chi connectivity index (χ1v) is 6.31. The van der Waals surface area contributed by atoms with Gasteiger partial charge < -0.3 is 9.57 Å². The predicted molar refractivity (Wildman–Crippen MR) is 68.4 cm³/mol. The summed E-state index contributed by atoms with van der Waals surface area (Å²) in [6.07, 6.45) is 2.14. The van der Waals surface area contributed by atoms with E-state index in [1.165, 1.54) is 5.56 Å². The van der Waals surface area contributed by atoms with Gasteiger partial charge in [0.25, 0.3) is 0 Å². The average Bonchev–Trinajstić information content (AvgIpc) is 2.66. The van der Waals surface area contributed by atoms with Crippen LogP contribution in [0.1, 0.15) is 36.9 Å². The number of hydroxylamine groups is 1. The van der Waals surface area contributed by atoms with E-state index >= 15 is 0 Å². The lowest BCUT2D eigenvalue weighted by Gasteiger charge is -2.19. The molecule has 0 saturated carbocycles. The van der Waals surface area contributed by atoms with E-state index in [-0.39, 0.29) is 12.1 Å². The van der Waals surface area contributed by atoms with Crippen LogP contribution in [0.25, 0.3) is 0 Å². The molecule has 2 atom stereocenters. The zero-order chi connectivity index (χ0) is 12.4. The van der Waals surface area contributed by atoms with E-state index in [1.807, 2.05) is 12.1 Å². The van der Waals surface area contributed by atoms with E-state index in [0.29, 0.717) is 5.02 Å². The van der Waals surface area contributed by atoms with Gasteiger partial charge in [0.1, 0.15) is 11.9 Å². The third kappa shape index (κ3) is 2.28. The number of nitrogens with one attached hydrogen (secondary N) is 1. The molecule has 0 spiro atoms. The highest BCUT2D eigenvalue weighted by Gasteiger charge is 2.36. The van der Waals surface area contributed by atoms with Crippen LogP contribution in [0, 0.1) is 6.92 Å². The number of hydrogen-bond acceptors (Lipinski definition) is 3. The Bertz CT molecular complexity index is 409. The van der Waals surface area contributed by atoms with Crippen LogP contribution in [0.15, 0.2) is 12.1 Å². The van der Waals surface area contributed by atoms with E-state index in [1.54, 1.807) is 7.11 Å². The highest BCUT2D eigenvalue weighted by Crippen LogP contribution is 2.44. The smallest absolute Gasteiger partial charge is 0.143 e. The predicted octanol–water partition coefficient (Wildman–Crippen LogP) is 3.40. The Balaban J connectivity index is 2.39. The van der Waals surface area contributed by atoms with Gasteiger partial charge in [-0.1, -0.05) is 31.0 Å². The number of ether oxygens (including phenoxy) is 1. The molecule has 4 heteroatoms. The molecule has 1 N–H and O–H groups in total. The molecule has 2 unspecified atom stereocenters. The van der Waals surface area contributed by atoms with Crippen molar-refractivity contribution in [3.8, 4) is 5.75 Å². The summed E-state index contributed by atoms with van der Waals surface area (Å²) in [6, 6.07) is 3.96. The molecule has 0 amide bonds. The summed E-state index contributed by atoms with van der Waals surface area (Å²) in [6.45, 7) is 4.21. The molecule has 0 fully saturated rings. The Labute approximate surface area is 107 Å². The molecule has 94 valence electrons. The van der Waals surface area contributed by atoms with E-state index in [2.05, 4.69) is 19.3 Å². The van der Waals surface area contributed by atoms with Crippen LogP contribution in [0.5, 0.6) is 5.75 Å². The average molecular weight is 256 g/mol. The van der Waals surface area contributed by atoms with Crippen molar-refractivity contribution in [2.75, 3.05) is 7.11 Å². The maximum Gasteiger partial charge on any atom is 0.143 e. The number of fused-ring (bicyclic) bond motifs is 1. The fourth-order valence-corrected chi connectivity index (χ4v) is 2.56. The second-order valence-corrected chi connectivity index (χ2v) is 4.76. The lowest BCUT2D eigenvalue weighted by atomic mass is 9.97. The van der Waals surface area contributed by atoms with Gasteiger partial charge in [-0.05, 0) is 25.0 Å². The van der Waals surface area contributed by atoms with Crippen LogP contribution in [0.2, 0.25) is 5.02 Å². The van der Waals surface area contributed by atoms with Crippen LogP contribution in [0.4, 0.5) is 0 Å². The molecule has 1 heterocycles. The zero-order valence-electron chi connectivity index (χ0n) is 10.4. The van der Waals surface area contributed by atoms with Gasteiger partial charge in [-0.25, -0.2) is 0 Å². The molecule has 0 radical (unpaired) electrons. The molecule has 1 aromatic carbocycles. The number of hydrogen-bond donors (Lipinski definition) is 1. The molecule has 1 aromatic rings. The maximum atomic E-state index is 6.18. The zero-order valence-corrected chi connectivity index (χ0v) is 11.2. The molecule has 0 aromatic heterocycles. The normalized spacial score (nSPS) is 22.4. The Hall–Kier alpha value is -0.770. The Morgan fingerprint density at radius 1 is 1.47 bits per heavy atom. The summed E-state index contributed by atoms with van der Waals surface area (Å²) in [4.78, 5) is 5.08. The summed E-state index contributed by atoms with van der Waals surface area (Å²) in [5, 5.41) is 0.673.